The molecule has 31 heteroatoms. The second-order valence-corrected chi connectivity index (χ2v) is 19.3. The van der Waals surface area contributed by atoms with Gasteiger partial charge in [0, 0.05) is 25.0 Å². The highest BCUT2D eigenvalue weighted by Crippen LogP contribution is 2.55. The molecule has 2 unspecified atom stereocenters. The number of carbonyl (C=O) groups excluding carboxylic acids is 1. The molecule has 8 N–H and O–H groups in total. The molecule has 0 aliphatic carbocycles. The summed E-state index contributed by atoms with van der Waals surface area (Å²) in [6.07, 6.45) is 5.28. The number of imidazole rings is 2. The number of aliphatic hydroxyl groups excluding tert-OH is 2. The van der Waals surface area contributed by atoms with Crippen molar-refractivity contribution in [3.63, 3.8) is 0 Å². The van der Waals surface area contributed by atoms with Gasteiger partial charge in [0.05, 0.1) is 51.3 Å². The first-order chi connectivity index (χ1) is 33.6. The summed E-state index contributed by atoms with van der Waals surface area (Å²) in [4.78, 5) is 58.1. The zero-order valence-electron chi connectivity index (χ0n) is 38.7. The minimum Gasteiger partial charge on any atom is -1.00 e. The smallest absolute Gasteiger partial charge is 0.475 e. The number of halogens is 2. The fourth-order valence-electron chi connectivity index (χ4n) is 7.89. The van der Waals surface area contributed by atoms with Gasteiger partial charge in [0.25, 0.3) is 12.0 Å². The van der Waals surface area contributed by atoms with Gasteiger partial charge in [-0.3, -0.25) is 23.0 Å². The number of nitrogen functional groups attached to an aromatic ring is 2. The Kier molecular flexibility index (Phi) is 20.1. The number of ether oxygens (including phenoxy) is 4. The maximum Gasteiger partial charge on any atom is 0.475 e. The Balaban J connectivity index is 0.00000423. The van der Waals surface area contributed by atoms with Crippen LogP contribution in [-0.4, -0.2) is 116 Å². The number of phosphoric acid groups is 2. The number of aryl methyl sites for hydroxylation is 2. The van der Waals surface area contributed by atoms with Crippen molar-refractivity contribution in [3.05, 3.63) is 73.4 Å². The lowest BCUT2D eigenvalue weighted by atomic mass is 10.1. The van der Waals surface area contributed by atoms with Gasteiger partial charge >= 0.3 is 15.6 Å². The molecule has 0 saturated carbocycles. The van der Waals surface area contributed by atoms with Crippen LogP contribution in [-0.2, 0) is 50.8 Å². The largest absolute Gasteiger partial charge is 1.00 e. The van der Waals surface area contributed by atoms with E-state index in [1.54, 1.807) is 23.9 Å². The topological polar surface area (TPSA) is 353 Å². The minimum absolute atomic E-state index is 0. The third-order valence-electron chi connectivity index (χ3n) is 11.6. The van der Waals surface area contributed by atoms with E-state index < -0.39 is 72.0 Å². The molecular formula is C41H54I2N12O15P2. The molecule has 2 aliphatic heterocycles. The molecular weight excluding hydrogens is 1220 g/mol. The summed E-state index contributed by atoms with van der Waals surface area (Å²) in [6, 6.07) is 6.48. The predicted molar refractivity (Wildman–Crippen MR) is 240 cm³/mol. The molecule has 27 nitrogen and oxygen atoms in total. The Morgan fingerprint density at radius 1 is 0.750 bits per heavy atom. The fourth-order valence-corrected chi connectivity index (χ4v) is 9.54. The van der Waals surface area contributed by atoms with Gasteiger partial charge in [0.15, 0.2) is 40.6 Å². The van der Waals surface area contributed by atoms with Crippen LogP contribution in [0.15, 0.2) is 62.0 Å². The highest BCUT2D eigenvalue weighted by molar-refractivity contribution is 7.48. The Labute approximate surface area is 445 Å². The zero-order chi connectivity index (χ0) is 49.6. The van der Waals surface area contributed by atoms with Crippen LogP contribution in [0.5, 0.6) is 11.5 Å². The van der Waals surface area contributed by atoms with E-state index in [4.69, 9.17) is 48.5 Å². The lowest BCUT2D eigenvalue weighted by Gasteiger charge is -2.23. The molecule has 8 heterocycles. The summed E-state index contributed by atoms with van der Waals surface area (Å²) in [5.74, 6) is 1.22. The number of nitrogens with two attached hydrogens (primary N) is 2. The number of fused-ring (bicyclic) bond motifs is 2. The van der Waals surface area contributed by atoms with Gasteiger partial charge in [-0.25, -0.2) is 48.1 Å². The van der Waals surface area contributed by atoms with Crippen LogP contribution < -0.4 is 78.0 Å². The lowest BCUT2D eigenvalue weighted by molar-refractivity contribution is -0.685. The van der Waals surface area contributed by atoms with Gasteiger partial charge < -0.3 is 98.4 Å². The molecule has 0 bridgehead atoms. The molecule has 6 aromatic heterocycles. The van der Waals surface area contributed by atoms with Gasteiger partial charge in [-0.05, 0) is 25.0 Å². The van der Waals surface area contributed by atoms with Crippen molar-refractivity contribution in [1.29, 1.82) is 0 Å². The van der Waals surface area contributed by atoms with E-state index >= 15 is 0 Å². The van der Waals surface area contributed by atoms with E-state index in [0.29, 0.717) is 52.7 Å². The molecule has 2 fully saturated rings. The summed E-state index contributed by atoms with van der Waals surface area (Å²) in [7, 11) is -7.15. The van der Waals surface area contributed by atoms with Crippen LogP contribution >= 0.6 is 15.6 Å². The van der Waals surface area contributed by atoms with E-state index in [9.17, 15) is 33.9 Å². The average molecular weight is 1270 g/mol. The number of hydrogen-bond acceptors (Lipinski definition) is 21. The first kappa shape index (κ1) is 57.1. The summed E-state index contributed by atoms with van der Waals surface area (Å²) in [5, 5.41) is 21.7. The number of rotatable bonds is 24. The number of aromatic nitrogens is 10. The molecule has 0 radical (unpaired) electrons. The molecule has 0 amide bonds. The second-order valence-electron chi connectivity index (χ2n) is 16.5. The zero-order valence-corrected chi connectivity index (χ0v) is 44.8. The van der Waals surface area contributed by atoms with Crippen molar-refractivity contribution in [3.8, 4) is 11.5 Å². The highest BCUT2D eigenvalue weighted by Gasteiger charge is 2.43. The number of aliphatic hydroxyl groups is 2. The predicted octanol–water partition coefficient (Wildman–Crippen LogP) is -4.03. The fraction of sp³-hybridized carbons (Fsp3) is 0.488. The quantitative estimate of drug-likeness (QED) is 0.00839. The van der Waals surface area contributed by atoms with E-state index in [1.165, 1.54) is 64.4 Å². The summed E-state index contributed by atoms with van der Waals surface area (Å²) in [5.41, 5.74) is 13.6. The molecule has 8 atom stereocenters. The van der Waals surface area contributed by atoms with E-state index in [0.717, 1.165) is 38.4 Å². The summed E-state index contributed by atoms with van der Waals surface area (Å²) >= 11 is 0. The first-order valence-corrected chi connectivity index (χ1v) is 25.1. The standard InChI is InChI=1S/C41H52N12O15P2.2HI/c1-50-12-8-9-30(27(50)18-54)62-14-7-5-3-4-6-13-61-25-10-11-26(51(2)17-25)41(67-69(57,58)63-19-31-28(55)15-33(65-31)52-23-48-35-37(42)44-21-46-39(35)52)68-70(59,60)64-20-32-29(56)16-34(66-32)53-24-49-36-38(43)45-22-47-40(36)53;;/h8-12,17-18,21-24,28-29,31-34,41,55-56H,3-7,13-16,19-20H2,1-2H3,(H4-2,42,43,44,45,46,47,57,58,59,60);2*1H/t28-,29-,31+,32+,33+,34+;;/m0../s1. The van der Waals surface area contributed by atoms with Crippen molar-refractivity contribution < 1.29 is 128 Å². The van der Waals surface area contributed by atoms with E-state index in [1.807, 2.05) is 6.07 Å². The number of anilines is 2. The van der Waals surface area contributed by atoms with Crippen molar-refractivity contribution in [1.82, 2.24) is 39.0 Å². The van der Waals surface area contributed by atoms with Crippen LogP contribution in [0.4, 0.5) is 11.6 Å². The third kappa shape index (κ3) is 13.9. The van der Waals surface area contributed by atoms with Crippen LogP contribution in [0.3, 0.4) is 0 Å². The maximum absolute atomic E-state index is 13.6. The SMILES string of the molecule is C[n+]1cc(OCCCCCCCOc2ccc[n+](C)c2C=O)ccc1C(OP(=O)(O)OC[C@H]1O[C@@H](n2cnc3c(N)ncnc32)C[C@@H]1O)OP(=O)(O)OC[C@H]1O[C@@H](n2cnc3c(N)ncnc32)C[C@@H]1O.[I-].[I-]. The van der Waals surface area contributed by atoms with Crippen LogP contribution in [0.2, 0.25) is 0 Å². The maximum atomic E-state index is 13.6. The number of nitrogens with zero attached hydrogens (tertiary/aromatic N) is 10. The first-order valence-electron chi connectivity index (χ1n) is 22.1. The second kappa shape index (κ2) is 25.3. The minimum atomic E-state index is -5.22. The van der Waals surface area contributed by atoms with Crippen LogP contribution in [0, 0.1) is 0 Å². The van der Waals surface area contributed by atoms with Gasteiger partial charge in [-0.2, -0.15) is 9.13 Å². The molecule has 72 heavy (non-hydrogen) atoms. The monoisotopic (exact) mass is 1270 g/mol. The third-order valence-corrected chi connectivity index (χ3v) is 13.4. The normalized spacial score (nSPS) is 21.9. The molecule has 2 aliphatic rings. The molecule has 392 valence electrons. The summed E-state index contributed by atoms with van der Waals surface area (Å²) in [6.45, 7) is -0.501. The number of phosphoric ester groups is 2. The molecule has 2 saturated heterocycles. The lowest BCUT2D eigenvalue weighted by Crippen LogP contribution is -3.00. The van der Waals surface area contributed by atoms with Crippen LogP contribution in [0.25, 0.3) is 22.3 Å². The number of unbranched alkanes of at least 4 members (excludes halogenated alkanes) is 4. The number of hydrogen-bond donors (Lipinski definition) is 6. The van der Waals surface area contributed by atoms with Crippen molar-refractivity contribution in [2.75, 3.05) is 37.9 Å². The Morgan fingerprint density at radius 3 is 1.78 bits per heavy atom. The summed E-state index contributed by atoms with van der Waals surface area (Å²) < 4.78 is 78.4. The van der Waals surface area contributed by atoms with E-state index in [-0.39, 0.29) is 78.1 Å². The Bertz CT molecular complexity index is 2760. The molecule has 0 spiro atoms. The van der Waals surface area contributed by atoms with Gasteiger partial charge in [0.1, 0.15) is 62.4 Å². The molecule has 0 aromatic carbocycles. The van der Waals surface area contributed by atoms with Gasteiger partial charge in [0.2, 0.25) is 18.2 Å². The van der Waals surface area contributed by atoms with Crippen molar-refractivity contribution in [2.24, 2.45) is 14.1 Å². The number of aldehydes is 1. The number of carbonyl (C=O) groups is 1. The highest BCUT2D eigenvalue weighted by atomic mass is 127. The molecule has 8 rings (SSSR count). The Hall–Kier alpha value is -4.21. The van der Waals surface area contributed by atoms with Crippen molar-refractivity contribution in [2.45, 2.75) is 88.1 Å². The Morgan fingerprint density at radius 2 is 1.26 bits per heavy atom. The van der Waals surface area contributed by atoms with Gasteiger partial charge in [-0.1, -0.05) is 19.3 Å². The molecule has 6 aromatic rings. The van der Waals surface area contributed by atoms with Crippen LogP contribution in [0.1, 0.15) is 79.9 Å². The van der Waals surface area contributed by atoms with Gasteiger partial charge in [-0.15, -0.1) is 0 Å². The van der Waals surface area contributed by atoms with Crippen molar-refractivity contribution >= 4 is 55.9 Å². The average Bonchev–Trinajstić information content (AvgIpc) is 4.12. The van der Waals surface area contributed by atoms with E-state index in [2.05, 4.69) is 29.9 Å². The number of pyridine rings is 2.